The molecule has 3 aromatic carbocycles. The molecule has 35 heavy (non-hydrogen) atoms. The number of aromatic nitrogens is 2. The molecule has 1 aromatic heterocycles. The summed E-state index contributed by atoms with van der Waals surface area (Å²) in [5, 5.41) is 10.4. The van der Waals surface area contributed by atoms with Crippen LogP contribution in [0.25, 0.3) is 28.1 Å². The second-order valence-corrected chi connectivity index (χ2v) is 7.75. The van der Waals surface area contributed by atoms with Crippen LogP contribution in [0.4, 0.5) is 0 Å². The van der Waals surface area contributed by atoms with E-state index in [9.17, 15) is 9.59 Å². The fourth-order valence-corrected chi connectivity index (χ4v) is 3.69. The number of carbonyl (C=O) groups excluding carboxylic acids is 2. The first-order valence-electron chi connectivity index (χ1n) is 10.9. The van der Waals surface area contributed by atoms with E-state index in [1.165, 1.54) is 7.11 Å². The standard InChI is InChI=1S/C26H25N5O4/c1-34-20-10-8-19(9-11-20)31-22-12-7-18(26(33)29-14-13-23(32)35-2)15-21(22)30-25(31)17-5-3-16(4-6-17)24(27)28/h3-12,15H,13-14H2,1-2H3,(H3,27,28)(H,29,33). The summed E-state index contributed by atoms with van der Waals surface area (Å²) in [4.78, 5) is 28.8. The largest absolute Gasteiger partial charge is 0.497 e. The molecule has 0 spiro atoms. The highest BCUT2D eigenvalue weighted by Gasteiger charge is 2.17. The third-order valence-electron chi connectivity index (χ3n) is 5.54. The van der Waals surface area contributed by atoms with Gasteiger partial charge in [-0.1, -0.05) is 24.3 Å². The van der Waals surface area contributed by atoms with E-state index in [2.05, 4.69) is 10.1 Å². The summed E-state index contributed by atoms with van der Waals surface area (Å²) in [7, 11) is 2.92. The Bertz CT molecular complexity index is 1390. The first-order chi connectivity index (χ1) is 16.9. The highest BCUT2D eigenvalue weighted by molar-refractivity contribution is 5.98. The number of nitrogens with zero attached hydrogens (tertiary/aromatic N) is 2. The van der Waals surface area contributed by atoms with E-state index in [1.54, 1.807) is 31.4 Å². The van der Waals surface area contributed by atoms with Gasteiger partial charge in [0, 0.05) is 28.9 Å². The molecular formula is C26H25N5O4. The summed E-state index contributed by atoms with van der Waals surface area (Å²) >= 11 is 0. The number of rotatable bonds is 8. The number of benzene rings is 3. The van der Waals surface area contributed by atoms with E-state index < -0.39 is 0 Å². The Morgan fingerprint density at radius 3 is 2.31 bits per heavy atom. The summed E-state index contributed by atoms with van der Waals surface area (Å²) in [6.07, 6.45) is 0.0942. The van der Waals surface area contributed by atoms with Crippen LogP contribution in [0, 0.1) is 5.41 Å². The summed E-state index contributed by atoms with van der Waals surface area (Å²) in [6, 6.07) is 20.1. The zero-order valence-corrected chi connectivity index (χ0v) is 19.4. The Hall–Kier alpha value is -4.66. The van der Waals surface area contributed by atoms with Gasteiger partial charge in [0.15, 0.2) is 0 Å². The minimum atomic E-state index is -0.389. The number of methoxy groups -OCH3 is 2. The molecule has 0 aliphatic heterocycles. The molecule has 0 saturated carbocycles. The molecule has 0 fully saturated rings. The van der Waals surface area contributed by atoms with Gasteiger partial charge in [-0.3, -0.25) is 19.6 Å². The Labute approximate surface area is 202 Å². The number of nitrogen functional groups attached to an aromatic ring is 1. The molecule has 9 heteroatoms. The highest BCUT2D eigenvalue weighted by Crippen LogP contribution is 2.30. The number of hydrogen-bond acceptors (Lipinski definition) is 6. The molecule has 0 radical (unpaired) electrons. The minimum Gasteiger partial charge on any atom is -0.497 e. The van der Waals surface area contributed by atoms with Crippen LogP contribution >= 0.6 is 0 Å². The lowest BCUT2D eigenvalue weighted by molar-refractivity contribution is -0.140. The summed E-state index contributed by atoms with van der Waals surface area (Å²) in [6.45, 7) is 0.178. The number of carbonyl (C=O) groups is 2. The van der Waals surface area contributed by atoms with Crippen molar-refractivity contribution in [3.8, 4) is 22.8 Å². The molecule has 1 heterocycles. The maximum atomic E-state index is 12.6. The van der Waals surface area contributed by atoms with Gasteiger partial charge in [0.05, 0.1) is 31.7 Å². The van der Waals surface area contributed by atoms with Crippen molar-refractivity contribution in [2.75, 3.05) is 20.8 Å². The summed E-state index contributed by atoms with van der Waals surface area (Å²) in [5.74, 6) is 0.699. The van der Waals surface area contributed by atoms with Crippen molar-refractivity contribution in [1.82, 2.24) is 14.9 Å². The molecule has 4 N–H and O–H groups in total. The summed E-state index contributed by atoms with van der Waals surface area (Å²) in [5.41, 5.74) is 9.79. The number of fused-ring (bicyclic) bond motifs is 1. The zero-order valence-electron chi connectivity index (χ0n) is 19.4. The van der Waals surface area contributed by atoms with Crippen molar-refractivity contribution in [2.24, 2.45) is 5.73 Å². The number of amidine groups is 1. The Morgan fingerprint density at radius 2 is 1.69 bits per heavy atom. The van der Waals surface area contributed by atoms with Gasteiger partial charge in [-0.25, -0.2) is 4.98 Å². The first-order valence-corrected chi connectivity index (χ1v) is 10.9. The van der Waals surface area contributed by atoms with E-state index in [0.29, 0.717) is 22.5 Å². The second kappa shape index (κ2) is 10.1. The molecule has 0 unspecified atom stereocenters. The number of nitrogens with two attached hydrogens (primary N) is 1. The number of imidazole rings is 1. The molecule has 4 aromatic rings. The van der Waals surface area contributed by atoms with Crippen molar-refractivity contribution >= 4 is 28.7 Å². The topological polar surface area (TPSA) is 132 Å². The molecule has 0 atom stereocenters. The van der Waals surface area contributed by atoms with Gasteiger partial charge in [-0.15, -0.1) is 0 Å². The zero-order chi connectivity index (χ0) is 24.9. The van der Waals surface area contributed by atoms with Gasteiger partial charge < -0.3 is 20.5 Å². The molecule has 178 valence electrons. The van der Waals surface area contributed by atoms with Crippen LogP contribution in [0.5, 0.6) is 5.75 Å². The van der Waals surface area contributed by atoms with E-state index >= 15 is 0 Å². The Balaban J connectivity index is 1.76. The maximum Gasteiger partial charge on any atom is 0.307 e. The molecule has 0 saturated heterocycles. The van der Waals surface area contributed by atoms with Crippen LogP contribution in [0.3, 0.4) is 0 Å². The average molecular weight is 472 g/mol. The van der Waals surface area contributed by atoms with Crippen LogP contribution in [0.1, 0.15) is 22.3 Å². The maximum absolute atomic E-state index is 12.6. The SMILES string of the molecule is COC(=O)CCNC(=O)c1ccc2c(c1)nc(-c1ccc(C(=N)N)cc1)n2-c1ccc(OC)cc1. The van der Waals surface area contributed by atoms with Gasteiger partial charge in [0.2, 0.25) is 0 Å². The number of ether oxygens (including phenoxy) is 2. The van der Waals surface area contributed by atoms with Gasteiger partial charge in [0.25, 0.3) is 5.91 Å². The molecule has 0 bridgehead atoms. The Kier molecular flexibility index (Phi) is 6.77. The van der Waals surface area contributed by atoms with Crippen molar-refractivity contribution < 1.29 is 19.1 Å². The average Bonchev–Trinajstić information content (AvgIpc) is 3.27. The molecule has 9 nitrogen and oxygen atoms in total. The molecule has 0 aliphatic carbocycles. The van der Waals surface area contributed by atoms with E-state index in [4.69, 9.17) is 20.9 Å². The lowest BCUT2D eigenvalue weighted by Crippen LogP contribution is -2.26. The highest BCUT2D eigenvalue weighted by atomic mass is 16.5. The number of nitrogens with one attached hydrogen (secondary N) is 2. The molecular weight excluding hydrogens is 446 g/mol. The van der Waals surface area contributed by atoms with Crippen LogP contribution in [-0.2, 0) is 9.53 Å². The number of amides is 1. The van der Waals surface area contributed by atoms with Crippen LogP contribution < -0.4 is 15.8 Å². The van der Waals surface area contributed by atoms with E-state index in [-0.39, 0.29) is 30.7 Å². The van der Waals surface area contributed by atoms with Gasteiger partial charge in [-0.05, 0) is 42.5 Å². The molecule has 1 amide bonds. The first kappa shape index (κ1) is 23.5. The monoisotopic (exact) mass is 471 g/mol. The normalized spacial score (nSPS) is 10.7. The Morgan fingerprint density at radius 1 is 1.00 bits per heavy atom. The number of hydrogen-bond donors (Lipinski definition) is 3. The van der Waals surface area contributed by atoms with Crippen molar-refractivity contribution in [1.29, 1.82) is 5.41 Å². The van der Waals surface area contributed by atoms with Crippen LogP contribution in [0.2, 0.25) is 0 Å². The lowest BCUT2D eigenvalue weighted by Gasteiger charge is -2.11. The molecule has 0 aliphatic rings. The lowest BCUT2D eigenvalue weighted by atomic mass is 10.1. The third-order valence-corrected chi connectivity index (χ3v) is 5.54. The van der Waals surface area contributed by atoms with Crippen molar-refractivity contribution in [3.63, 3.8) is 0 Å². The smallest absolute Gasteiger partial charge is 0.307 e. The van der Waals surface area contributed by atoms with E-state index in [0.717, 1.165) is 22.5 Å². The quantitative estimate of drug-likeness (QED) is 0.205. The van der Waals surface area contributed by atoms with E-state index in [1.807, 2.05) is 47.0 Å². The minimum absolute atomic E-state index is 0.0111. The van der Waals surface area contributed by atoms with Crippen molar-refractivity contribution in [3.05, 3.63) is 77.9 Å². The van der Waals surface area contributed by atoms with Gasteiger partial charge >= 0.3 is 5.97 Å². The summed E-state index contributed by atoms with van der Waals surface area (Å²) < 4.78 is 11.9. The third kappa shape index (κ3) is 4.98. The van der Waals surface area contributed by atoms with Crippen molar-refractivity contribution in [2.45, 2.75) is 6.42 Å². The fourth-order valence-electron chi connectivity index (χ4n) is 3.69. The van der Waals surface area contributed by atoms with Crippen LogP contribution in [0.15, 0.2) is 66.7 Å². The molecule has 4 rings (SSSR count). The van der Waals surface area contributed by atoms with Crippen LogP contribution in [-0.4, -0.2) is 48.0 Å². The van der Waals surface area contributed by atoms with Gasteiger partial charge in [-0.2, -0.15) is 0 Å². The predicted octanol–water partition coefficient (Wildman–Crippen LogP) is 3.28. The fraction of sp³-hybridized carbons (Fsp3) is 0.154. The predicted molar refractivity (Wildman–Crippen MR) is 133 cm³/mol. The second-order valence-electron chi connectivity index (χ2n) is 7.75. The number of esters is 1. The van der Waals surface area contributed by atoms with Gasteiger partial charge in [0.1, 0.15) is 17.4 Å².